The van der Waals surface area contributed by atoms with Crippen LogP contribution in [0, 0.1) is 0 Å². The molecule has 5 rings (SSSR count). The standard InChI is InChI=1S/C22H19F3N6O2/c1-30-9-14(8-28-30)19-20-15(21(33)31(11-27-20)10-18(32)22(23,24)25)6-17(29-19)13-4-5-16(26-7-13)12-2-3-12/h4-9,11-12,18,32H,2-3,10H2,1H3/t18-/m0/s1. The number of hydrogen-bond acceptors (Lipinski definition) is 6. The molecule has 1 fully saturated rings. The molecule has 170 valence electrons. The summed E-state index contributed by atoms with van der Waals surface area (Å²) < 4.78 is 40.8. The van der Waals surface area contributed by atoms with E-state index in [-0.39, 0.29) is 10.9 Å². The number of alkyl halides is 3. The monoisotopic (exact) mass is 456 g/mol. The topological polar surface area (TPSA) is 98.7 Å². The Morgan fingerprint density at radius 1 is 1.18 bits per heavy atom. The van der Waals surface area contributed by atoms with Gasteiger partial charge in [0, 0.05) is 42.2 Å². The maximum atomic E-state index is 13.1. The zero-order chi connectivity index (χ0) is 23.3. The Bertz CT molecular complexity index is 1390. The van der Waals surface area contributed by atoms with E-state index in [1.165, 1.54) is 6.07 Å². The van der Waals surface area contributed by atoms with E-state index in [0.717, 1.165) is 29.4 Å². The second-order valence-electron chi connectivity index (χ2n) is 8.16. The summed E-state index contributed by atoms with van der Waals surface area (Å²) in [6, 6.07) is 5.28. The van der Waals surface area contributed by atoms with Crippen LogP contribution in [0.15, 0.2) is 47.9 Å². The summed E-state index contributed by atoms with van der Waals surface area (Å²) in [6.45, 7) is -0.956. The quantitative estimate of drug-likeness (QED) is 0.496. The molecule has 0 unspecified atom stereocenters. The second kappa shape index (κ2) is 7.77. The van der Waals surface area contributed by atoms with Crippen LogP contribution in [0.4, 0.5) is 13.2 Å². The Balaban J connectivity index is 1.67. The molecular weight excluding hydrogens is 437 g/mol. The van der Waals surface area contributed by atoms with Gasteiger partial charge in [0.15, 0.2) is 6.10 Å². The highest BCUT2D eigenvalue weighted by Gasteiger charge is 2.38. The predicted molar refractivity (Wildman–Crippen MR) is 113 cm³/mol. The van der Waals surface area contributed by atoms with Crippen LogP contribution in [0.3, 0.4) is 0 Å². The van der Waals surface area contributed by atoms with Crippen LogP contribution >= 0.6 is 0 Å². The molecule has 0 spiro atoms. The average molecular weight is 456 g/mol. The van der Waals surface area contributed by atoms with E-state index in [0.29, 0.717) is 28.4 Å². The zero-order valence-electron chi connectivity index (χ0n) is 17.5. The molecule has 0 aliphatic heterocycles. The molecule has 0 aromatic carbocycles. The Morgan fingerprint density at radius 2 is 1.97 bits per heavy atom. The number of nitrogens with zero attached hydrogens (tertiary/aromatic N) is 6. The highest BCUT2D eigenvalue weighted by Crippen LogP contribution is 2.39. The summed E-state index contributed by atoms with van der Waals surface area (Å²) in [5.41, 5.74) is 2.60. The van der Waals surface area contributed by atoms with Crippen molar-refractivity contribution in [1.29, 1.82) is 0 Å². The van der Waals surface area contributed by atoms with E-state index >= 15 is 0 Å². The number of aromatic nitrogens is 6. The Morgan fingerprint density at radius 3 is 2.58 bits per heavy atom. The minimum absolute atomic E-state index is 0.0852. The van der Waals surface area contributed by atoms with Gasteiger partial charge >= 0.3 is 6.18 Å². The lowest BCUT2D eigenvalue weighted by atomic mass is 10.1. The first-order valence-corrected chi connectivity index (χ1v) is 10.3. The number of pyridine rings is 2. The molecule has 4 aromatic heterocycles. The van der Waals surface area contributed by atoms with Crippen molar-refractivity contribution in [3.63, 3.8) is 0 Å². The Labute approximate surface area is 185 Å². The molecule has 1 atom stereocenters. The van der Waals surface area contributed by atoms with E-state index in [9.17, 15) is 23.1 Å². The fourth-order valence-corrected chi connectivity index (χ4v) is 3.66. The van der Waals surface area contributed by atoms with Gasteiger partial charge in [-0.15, -0.1) is 0 Å². The summed E-state index contributed by atoms with van der Waals surface area (Å²) in [5, 5.41) is 13.7. The van der Waals surface area contributed by atoms with E-state index in [1.807, 2.05) is 12.1 Å². The molecule has 4 aromatic rings. The number of hydrogen-bond donors (Lipinski definition) is 1. The lowest BCUT2D eigenvalue weighted by Crippen LogP contribution is -2.36. The van der Waals surface area contributed by atoms with Crippen molar-refractivity contribution in [3.8, 4) is 22.5 Å². The van der Waals surface area contributed by atoms with Crippen molar-refractivity contribution < 1.29 is 18.3 Å². The number of aliphatic hydroxyl groups is 1. The van der Waals surface area contributed by atoms with Crippen LogP contribution in [0.2, 0.25) is 0 Å². The van der Waals surface area contributed by atoms with Crippen LogP contribution in [0.25, 0.3) is 33.4 Å². The van der Waals surface area contributed by atoms with Crippen LogP contribution < -0.4 is 5.56 Å². The number of rotatable bonds is 5. The summed E-state index contributed by atoms with van der Waals surface area (Å²) in [4.78, 5) is 26.5. The van der Waals surface area contributed by atoms with Crippen molar-refractivity contribution in [2.24, 2.45) is 7.05 Å². The third-order valence-electron chi connectivity index (χ3n) is 5.61. The first-order chi connectivity index (χ1) is 15.7. The van der Waals surface area contributed by atoms with Crippen LogP contribution in [-0.4, -0.2) is 46.7 Å². The largest absolute Gasteiger partial charge is 0.416 e. The lowest BCUT2D eigenvalue weighted by molar-refractivity contribution is -0.207. The lowest BCUT2D eigenvalue weighted by Gasteiger charge is -2.16. The molecule has 4 heterocycles. The number of aliphatic hydroxyl groups excluding tert-OH is 1. The van der Waals surface area contributed by atoms with Crippen molar-refractivity contribution in [2.45, 2.75) is 37.6 Å². The maximum absolute atomic E-state index is 13.1. The Kier molecular flexibility index (Phi) is 5.00. The SMILES string of the molecule is Cn1cc(-c2nc(-c3ccc(C4CC4)nc3)cc3c(=O)n(C[C@H](O)C(F)(F)F)cnc23)cn1. The van der Waals surface area contributed by atoms with Crippen LogP contribution in [0.5, 0.6) is 0 Å². The Hall–Kier alpha value is -3.60. The minimum Gasteiger partial charge on any atom is -0.382 e. The molecule has 0 radical (unpaired) electrons. The van der Waals surface area contributed by atoms with Gasteiger partial charge in [0.1, 0.15) is 11.2 Å². The maximum Gasteiger partial charge on any atom is 0.416 e. The third-order valence-corrected chi connectivity index (χ3v) is 5.61. The van der Waals surface area contributed by atoms with Crippen molar-refractivity contribution in [3.05, 3.63) is 59.2 Å². The van der Waals surface area contributed by atoms with Gasteiger partial charge in [-0.05, 0) is 31.0 Å². The fraction of sp³-hybridized carbons (Fsp3) is 0.318. The molecule has 1 aliphatic rings. The molecule has 0 bridgehead atoms. The van der Waals surface area contributed by atoms with E-state index < -0.39 is 24.4 Å². The highest BCUT2D eigenvalue weighted by molar-refractivity contribution is 5.93. The summed E-state index contributed by atoms with van der Waals surface area (Å²) in [6.07, 6.45) is 0.632. The van der Waals surface area contributed by atoms with Gasteiger partial charge in [0.05, 0.1) is 30.1 Å². The average Bonchev–Trinajstić information content (AvgIpc) is 3.55. The molecule has 1 saturated carbocycles. The van der Waals surface area contributed by atoms with Gasteiger partial charge in [0.2, 0.25) is 0 Å². The molecule has 1 aliphatic carbocycles. The summed E-state index contributed by atoms with van der Waals surface area (Å²) in [7, 11) is 1.73. The van der Waals surface area contributed by atoms with Crippen molar-refractivity contribution in [1.82, 2.24) is 29.3 Å². The summed E-state index contributed by atoms with van der Waals surface area (Å²) in [5.74, 6) is 0.478. The minimum atomic E-state index is -4.85. The molecular formula is C22H19F3N6O2. The highest BCUT2D eigenvalue weighted by atomic mass is 19.4. The first-order valence-electron chi connectivity index (χ1n) is 10.3. The van der Waals surface area contributed by atoms with Crippen LogP contribution in [-0.2, 0) is 13.6 Å². The normalized spacial score (nSPS) is 15.2. The molecule has 0 amide bonds. The third kappa shape index (κ3) is 4.11. The van der Waals surface area contributed by atoms with Crippen molar-refractivity contribution in [2.75, 3.05) is 0 Å². The van der Waals surface area contributed by atoms with Crippen LogP contribution in [0.1, 0.15) is 24.5 Å². The molecule has 8 nitrogen and oxygen atoms in total. The van der Waals surface area contributed by atoms with Gasteiger partial charge in [-0.25, -0.2) is 9.97 Å². The molecule has 0 saturated heterocycles. The molecule has 1 N–H and O–H groups in total. The first kappa shape index (κ1) is 21.3. The number of aryl methyl sites for hydroxylation is 1. The van der Waals surface area contributed by atoms with Crippen molar-refractivity contribution >= 4 is 10.9 Å². The zero-order valence-corrected chi connectivity index (χ0v) is 17.5. The summed E-state index contributed by atoms with van der Waals surface area (Å²) >= 11 is 0. The van der Waals surface area contributed by atoms with E-state index in [1.54, 1.807) is 30.3 Å². The molecule has 33 heavy (non-hydrogen) atoms. The van der Waals surface area contributed by atoms with Gasteiger partial charge in [-0.2, -0.15) is 18.3 Å². The van der Waals surface area contributed by atoms with Gasteiger partial charge in [-0.1, -0.05) is 0 Å². The van der Waals surface area contributed by atoms with Gasteiger partial charge in [-0.3, -0.25) is 19.0 Å². The van der Waals surface area contributed by atoms with E-state index in [2.05, 4.69) is 20.1 Å². The van der Waals surface area contributed by atoms with Gasteiger partial charge < -0.3 is 5.11 Å². The smallest absolute Gasteiger partial charge is 0.382 e. The van der Waals surface area contributed by atoms with Gasteiger partial charge in [0.25, 0.3) is 5.56 Å². The fourth-order valence-electron chi connectivity index (χ4n) is 3.66. The predicted octanol–water partition coefficient (Wildman–Crippen LogP) is 3.05. The number of halogens is 3. The number of fused-ring (bicyclic) bond motifs is 1. The second-order valence-corrected chi connectivity index (χ2v) is 8.16. The van der Waals surface area contributed by atoms with E-state index in [4.69, 9.17) is 0 Å². The molecule has 11 heteroatoms.